The van der Waals surface area contributed by atoms with Crippen LogP contribution in [0, 0.1) is 11.3 Å². The number of hydrogen-bond donors (Lipinski definition) is 1. The second-order valence-corrected chi connectivity index (χ2v) is 7.42. The number of ether oxygens (including phenoxy) is 1. The Kier molecular flexibility index (Phi) is 5.27. The maximum Gasteiger partial charge on any atom is 0.316 e. The van der Waals surface area contributed by atoms with Crippen LogP contribution in [0.25, 0.3) is 0 Å². The molecule has 1 atom stereocenters. The topological polar surface area (TPSA) is 86.5 Å². The summed E-state index contributed by atoms with van der Waals surface area (Å²) < 4.78 is 5.43. The number of nitrogens with zero attached hydrogens (tertiary/aromatic N) is 3. The molecule has 1 saturated heterocycles. The minimum Gasteiger partial charge on any atom is -0.480 e. The number of anilines is 1. The molecule has 6 nitrogen and oxygen atoms in total. The Bertz CT molecular complexity index is 681. The molecule has 1 aliphatic carbocycles. The van der Waals surface area contributed by atoms with Gasteiger partial charge in [-0.25, -0.2) is 4.98 Å². The largest absolute Gasteiger partial charge is 0.480 e. The van der Waals surface area contributed by atoms with Crippen molar-refractivity contribution in [2.75, 3.05) is 31.2 Å². The van der Waals surface area contributed by atoms with Crippen LogP contribution in [0.15, 0.2) is 5.03 Å². The van der Waals surface area contributed by atoms with E-state index in [1.807, 2.05) is 0 Å². The molecule has 0 spiro atoms. The fourth-order valence-corrected chi connectivity index (χ4v) is 4.09. The molecule has 1 unspecified atom stereocenters. The zero-order chi connectivity index (χ0) is 17.1. The molecule has 3 rings (SSSR count). The smallest absolute Gasteiger partial charge is 0.316 e. The summed E-state index contributed by atoms with van der Waals surface area (Å²) in [7, 11) is 0. The first kappa shape index (κ1) is 17.1. The zero-order valence-corrected chi connectivity index (χ0v) is 14.6. The Labute approximate surface area is 145 Å². The van der Waals surface area contributed by atoms with Crippen molar-refractivity contribution in [1.29, 1.82) is 5.26 Å². The lowest BCUT2D eigenvalue weighted by atomic mass is 9.89. The summed E-state index contributed by atoms with van der Waals surface area (Å²) in [5.41, 5.74) is 2.81. The highest BCUT2D eigenvalue weighted by atomic mass is 32.2. The van der Waals surface area contributed by atoms with Crippen molar-refractivity contribution in [3.05, 3.63) is 16.7 Å². The van der Waals surface area contributed by atoms with Crippen molar-refractivity contribution in [1.82, 2.24) is 4.98 Å². The molecule has 1 fully saturated rings. The third-order valence-corrected chi connectivity index (χ3v) is 5.59. The number of thioether (sulfide) groups is 1. The van der Waals surface area contributed by atoms with Crippen LogP contribution in [0.4, 0.5) is 5.82 Å². The van der Waals surface area contributed by atoms with Crippen molar-refractivity contribution in [3.63, 3.8) is 0 Å². The van der Waals surface area contributed by atoms with E-state index in [0.717, 1.165) is 61.9 Å². The zero-order valence-electron chi connectivity index (χ0n) is 13.7. The highest BCUT2D eigenvalue weighted by Crippen LogP contribution is 2.37. The van der Waals surface area contributed by atoms with Crippen LogP contribution < -0.4 is 4.90 Å². The molecule has 24 heavy (non-hydrogen) atoms. The first-order valence-corrected chi connectivity index (χ1v) is 9.17. The number of aromatic nitrogens is 1. The van der Waals surface area contributed by atoms with E-state index in [1.165, 1.54) is 5.56 Å². The molecular formula is C17H21N3O3S. The summed E-state index contributed by atoms with van der Waals surface area (Å²) in [6.07, 6.45) is 3.97. The van der Waals surface area contributed by atoms with Crippen molar-refractivity contribution in [2.24, 2.45) is 0 Å². The summed E-state index contributed by atoms with van der Waals surface area (Å²) in [6, 6.07) is 2.28. The van der Waals surface area contributed by atoms with Gasteiger partial charge in [0, 0.05) is 13.1 Å². The molecule has 2 heterocycles. The number of morpholine rings is 1. The average Bonchev–Trinajstić information content (AvgIpc) is 2.61. The van der Waals surface area contributed by atoms with E-state index in [4.69, 9.17) is 9.72 Å². The molecule has 0 aromatic carbocycles. The molecule has 0 amide bonds. The van der Waals surface area contributed by atoms with Crippen LogP contribution in [0.1, 0.15) is 36.5 Å². The number of carboxylic acids is 1. The number of fused-ring (bicyclic) bond motifs is 1. The van der Waals surface area contributed by atoms with Gasteiger partial charge in [-0.15, -0.1) is 0 Å². The lowest BCUT2D eigenvalue weighted by molar-refractivity contribution is -0.136. The van der Waals surface area contributed by atoms with E-state index in [-0.39, 0.29) is 0 Å². The van der Waals surface area contributed by atoms with Gasteiger partial charge in [0.05, 0.1) is 18.8 Å². The molecule has 0 radical (unpaired) electrons. The Morgan fingerprint density at radius 2 is 2.00 bits per heavy atom. The lowest BCUT2D eigenvalue weighted by Gasteiger charge is -2.32. The molecule has 7 heteroatoms. The second kappa shape index (κ2) is 7.41. The van der Waals surface area contributed by atoms with Gasteiger partial charge in [-0.2, -0.15) is 5.26 Å². The Morgan fingerprint density at radius 1 is 1.33 bits per heavy atom. The lowest BCUT2D eigenvalue weighted by Crippen LogP contribution is -2.38. The van der Waals surface area contributed by atoms with Gasteiger partial charge in [-0.05, 0) is 43.7 Å². The molecule has 128 valence electrons. The maximum absolute atomic E-state index is 11.2. The van der Waals surface area contributed by atoms with Gasteiger partial charge in [-0.1, -0.05) is 11.8 Å². The molecule has 0 saturated carbocycles. The van der Waals surface area contributed by atoms with Gasteiger partial charge in [0.15, 0.2) is 0 Å². The Balaban J connectivity index is 2.07. The van der Waals surface area contributed by atoms with Crippen molar-refractivity contribution in [2.45, 2.75) is 42.9 Å². The fraction of sp³-hybridized carbons (Fsp3) is 0.588. The van der Waals surface area contributed by atoms with Gasteiger partial charge < -0.3 is 14.7 Å². The number of aliphatic carboxylic acids is 1. The molecular weight excluding hydrogens is 326 g/mol. The van der Waals surface area contributed by atoms with Crippen LogP contribution in [-0.4, -0.2) is 47.6 Å². The normalized spacial score (nSPS) is 18.6. The number of carboxylic acid groups (broad SMARTS) is 1. The third-order valence-electron chi connectivity index (χ3n) is 4.52. The monoisotopic (exact) mass is 347 g/mol. The SMILES string of the molecule is CC(Sc1nc(N2CCOCC2)c2c(c1C#N)CCCC2)C(=O)O. The van der Waals surface area contributed by atoms with Gasteiger partial charge >= 0.3 is 5.97 Å². The summed E-state index contributed by atoms with van der Waals surface area (Å²) in [5.74, 6) is 0.0309. The summed E-state index contributed by atoms with van der Waals surface area (Å²) >= 11 is 1.16. The van der Waals surface area contributed by atoms with Crippen molar-refractivity contribution < 1.29 is 14.6 Å². The van der Waals surface area contributed by atoms with Gasteiger partial charge in [0.1, 0.15) is 22.2 Å². The fourth-order valence-electron chi connectivity index (χ4n) is 3.23. The summed E-state index contributed by atoms with van der Waals surface area (Å²) in [5, 5.41) is 18.8. The molecule has 2 aliphatic rings. The minimum atomic E-state index is -0.892. The second-order valence-electron chi connectivity index (χ2n) is 6.09. The molecule has 1 N–H and O–H groups in total. The van der Waals surface area contributed by atoms with Crippen LogP contribution >= 0.6 is 11.8 Å². The van der Waals surface area contributed by atoms with Crippen molar-refractivity contribution in [3.8, 4) is 6.07 Å². The van der Waals surface area contributed by atoms with E-state index >= 15 is 0 Å². The van der Waals surface area contributed by atoms with Crippen molar-refractivity contribution >= 4 is 23.5 Å². The average molecular weight is 347 g/mol. The third kappa shape index (κ3) is 3.35. The summed E-state index contributed by atoms with van der Waals surface area (Å²) in [4.78, 5) is 18.2. The van der Waals surface area contributed by atoms with E-state index < -0.39 is 11.2 Å². The number of nitriles is 1. The van der Waals surface area contributed by atoms with E-state index in [0.29, 0.717) is 23.8 Å². The van der Waals surface area contributed by atoms with Crippen LogP contribution in [0.5, 0.6) is 0 Å². The standard InChI is InChI=1S/C17H21N3O3S/c1-11(17(21)22)24-16-14(10-18)12-4-2-3-5-13(12)15(19-16)20-6-8-23-9-7-20/h11H,2-9H2,1H3,(H,21,22). The Hall–Kier alpha value is -1.78. The predicted octanol–water partition coefficient (Wildman–Crippen LogP) is 2.23. The molecule has 1 aliphatic heterocycles. The Morgan fingerprint density at radius 3 is 2.62 bits per heavy atom. The highest BCUT2D eigenvalue weighted by Gasteiger charge is 2.27. The van der Waals surface area contributed by atoms with E-state index in [2.05, 4.69) is 11.0 Å². The van der Waals surface area contributed by atoms with E-state index in [1.54, 1.807) is 6.92 Å². The quantitative estimate of drug-likeness (QED) is 0.836. The van der Waals surface area contributed by atoms with Gasteiger partial charge in [-0.3, -0.25) is 4.79 Å². The molecule has 1 aromatic rings. The maximum atomic E-state index is 11.2. The molecule has 1 aromatic heterocycles. The highest BCUT2D eigenvalue weighted by molar-refractivity contribution is 8.00. The first-order chi connectivity index (χ1) is 11.6. The first-order valence-electron chi connectivity index (χ1n) is 8.29. The predicted molar refractivity (Wildman–Crippen MR) is 91.6 cm³/mol. The number of pyridine rings is 1. The number of rotatable bonds is 4. The minimum absolute atomic E-state index is 0.551. The van der Waals surface area contributed by atoms with Crippen LogP contribution in [0.2, 0.25) is 0 Å². The van der Waals surface area contributed by atoms with Gasteiger partial charge in [0.2, 0.25) is 0 Å². The van der Waals surface area contributed by atoms with Crippen LogP contribution in [-0.2, 0) is 22.4 Å². The summed E-state index contributed by atoms with van der Waals surface area (Å²) in [6.45, 7) is 4.53. The van der Waals surface area contributed by atoms with E-state index in [9.17, 15) is 15.2 Å². The van der Waals surface area contributed by atoms with Crippen LogP contribution in [0.3, 0.4) is 0 Å². The van der Waals surface area contributed by atoms with Gasteiger partial charge in [0.25, 0.3) is 0 Å². The number of carbonyl (C=O) groups is 1. The number of hydrogen-bond acceptors (Lipinski definition) is 6. The molecule has 0 bridgehead atoms.